The van der Waals surface area contributed by atoms with Crippen molar-refractivity contribution >= 4 is 11.5 Å². The number of esters is 1. The van der Waals surface area contributed by atoms with E-state index in [4.69, 9.17) is 4.74 Å². The number of carbonyl (C=O) groups excluding carboxylic acids is 1. The Hall–Kier alpha value is -0.178. The molecule has 0 heterocycles. The van der Waals surface area contributed by atoms with Crippen molar-refractivity contribution in [2.75, 3.05) is 6.61 Å². The van der Waals surface area contributed by atoms with Gasteiger partial charge in [0.05, 0.1) is 12.2 Å². The number of hydrogen-bond acceptors (Lipinski definition) is 2. The van der Waals surface area contributed by atoms with Gasteiger partial charge in [0.1, 0.15) is 0 Å². The third-order valence-electron chi connectivity index (χ3n) is 2.24. The van der Waals surface area contributed by atoms with E-state index in [1.165, 1.54) is 0 Å². The zero-order chi connectivity index (χ0) is 12.1. The molecule has 1 radical (unpaired) electrons. The minimum absolute atomic E-state index is 0. The molecule has 0 amide bonds. The monoisotopic (exact) mass is 450 g/mol. The first-order valence-corrected chi connectivity index (χ1v) is 5.39. The summed E-state index contributed by atoms with van der Waals surface area (Å²) in [6.45, 7) is 7.93. The van der Waals surface area contributed by atoms with Crippen LogP contribution in [0.1, 0.15) is 30.5 Å². The predicted molar refractivity (Wildman–Crippen MR) is 64.9 cm³/mol. The summed E-state index contributed by atoms with van der Waals surface area (Å²) in [5.74, 6) is -0.310. The summed E-state index contributed by atoms with van der Waals surface area (Å²) >= 11 is 0. The van der Waals surface area contributed by atoms with E-state index in [-0.39, 0.29) is 50.4 Å². The molecular formula is C14H17IO2Pd-. The second kappa shape index (κ2) is 9.71. The Bertz CT molecular complexity index is 408. The first-order chi connectivity index (χ1) is 7.58. The Balaban J connectivity index is 0. The number of halogens is 1. The van der Waals surface area contributed by atoms with Crippen LogP contribution in [0, 0.1) is 19.9 Å². The standard InChI is InChI=1S/C14H17O2.HI.Pd/c1-5-13(14(15)16-6-2)12-8-10(3)7-11(4)9-12;;/h7-9H,6H2,1-4H3;1H;/p-1. The SMILES string of the molecule is C[C]=C(C(=O)OCC)c1cc(C)cc(C)c1.[I-].[Pd]. The third-order valence-corrected chi connectivity index (χ3v) is 2.24. The van der Waals surface area contributed by atoms with Crippen LogP contribution in [-0.4, -0.2) is 12.6 Å². The Labute approximate surface area is 140 Å². The van der Waals surface area contributed by atoms with E-state index in [1.807, 2.05) is 26.0 Å². The van der Waals surface area contributed by atoms with Gasteiger partial charge in [-0.3, -0.25) is 0 Å². The first kappa shape index (κ1) is 20.1. The van der Waals surface area contributed by atoms with E-state index in [0.29, 0.717) is 12.2 Å². The molecule has 0 saturated carbocycles. The van der Waals surface area contributed by atoms with Gasteiger partial charge >= 0.3 is 5.97 Å². The summed E-state index contributed by atoms with van der Waals surface area (Å²) in [6, 6.07) is 6.01. The molecule has 0 atom stereocenters. The smallest absolute Gasteiger partial charge is 0.339 e. The number of aryl methyl sites for hydroxylation is 2. The quantitative estimate of drug-likeness (QED) is 0.282. The van der Waals surface area contributed by atoms with Crippen LogP contribution in [0.25, 0.3) is 5.57 Å². The molecule has 0 aromatic heterocycles. The molecule has 103 valence electrons. The Morgan fingerprint density at radius 3 is 2.11 bits per heavy atom. The van der Waals surface area contributed by atoms with Crippen molar-refractivity contribution in [3.63, 3.8) is 0 Å². The van der Waals surface area contributed by atoms with Crippen LogP contribution >= 0.6 is 0 Å². The largest absolute Gasteiger partial charge is 1.00 e. The van der Waals surface area contributed by atoms with Crippen LogP contribution in [0.5, 0.6) is 0 Å². The van der Waals surface area contributed by atoms with E-state index in [1.54, 1.807) is 13.8 Å². The van der Waals surface area contributed by atoms with Crippen LogP contribution in [0.3, 0.4) is 0 Å². The van der Waals surface area contributed by atoms with Crippen molar-refractivity contribution < 1.29 is 53.9 Å². The molecule has 2 nitrogen and oxygen atoms in total. The Kier molecular flexibility index (Phi) is 10.9. The van der Waals surface area contributed by atoms with Crippen molar-refractivity contribution in [3.05, 3.63) is 41.0 Å². The fourth-order valence-electron chi connectivity index (χ4n) is 1.69. The number of rotatable bonds is 3. The molecule has 0 unspecified atom stereocenters. The minimum Gasteiger partial charge on any atom is -1.00 e. The van der Waals surface area contributed by atoms with Gasteiger partial charge in [-0.2, -0.15) is 0 Å². The molecule has 1 aromatic rings. The second-order valence-electron chi connectivity index (χ2n) is 3.72. The zero-order valence-corrected chi connectivity index (χ0v) is 14.7. The average molecular weight is 451 g/mol. The molecule has 0 aliphatic rings. The molecule has 0 spiro atoms. The minimum atomic E-state index is -0.310. The summed E-state index contributed by atoms with van der Waals surface area (Å²) in [6.07, 6.45) is 2.90. The maximum absolute atomic E-state index is 11.7. The number of benzene rings is 1. The Morgan fingerprint density at radius 2 is 1.72 bits per heavy atom. The van der Waals surface area contributed by atoms with Crippen LogP contribution < -0.4 is 24.0 Å². The van der Waals surface area contributed by atoms with Gasteiger partial charge in [-0.25, -0.2) is 4.79 Å². The van der Waals surface area contributed by atoms with Crippen molar-refractivity contribution in [1.29, 1.82) is 0 Å². The number of allylic oxidation sites excluding steroid dienone is 1. The summed E-state index contributed by atoms with van der Waals surface area (Å²) in [5, 5.41) is 0. The Morgan fingerprint density at radius 1 is 1.22 bits per heavy atom. The van der Waals surface area contributed by atoms with Crippen LogP contribution in [0.2, 0.25) is 0 Å². The van der Waals surface area contributed by atoms with Crippen LogP contribution in [0.4, 0.5) is 0 Å². The normalized spacial score (nSPS) is 10.1. The van der Waals surface area contributed by atoms with Crippen molar-refractivity contribution in [2.45, 2.75) is 27.7 Å². The van der Waals surface area contributed by atoms with Crippen molar-refractivity contribution in [1.82, 2.24) is 0 Å². The number of carbonyl (C=O) groups is 1. The topological polar surface area (TPSA) is 26.3 Å². The molecule has 0 aliphatic carbocycles. The fraction of sp³-hybridized carbons (Fsp3) is 0.357. The zero-order valence-electron chi connectivity index (χ0n) is 10.9. The van der Waals surface area contributed by atoms with Gasteiger partial charge < -0.3 is 28.7 Å². The molecule has 1 aromatic carbocycles. The van der Waals surface area contributed by atoms with Gasteiger partial charge in [-0.15, -0.1) is 0 Å². The number of hydrogen-bond donors (Lipinski definition) is 0. The molecule has 18 heavy (non-hydrogen) atoms. The molecule has 4 heteroatoms. The molecule has 0 bridgehead atoms. The molecule has 1 rings (SSSR count). The van der Waals surface area contributed by atoms with Crippen LogP contribution in [0.15, 0.2) is 18.2 Å². The first-order valence-electron chi connectivity index (χ1n) is 5.39. The van der Waals surface area contributed by atoms with Gasteiger partial charge in [0.15, 0.2) is 0 Å². The van der Waals surface area contributed by atoms with E-state index in [0.717, 1.165) is 16.7 Å². The maximum Gasteiger partial charge on any atom is 0.339 e. The van der Waals surface area contributed by atoms with Gasteiger partial charge in [0.25, 0.3) is 0 Å². The molecule has 0 fully saturated rings. The van der Waals surface area contributed by atoms with Gasteiger partial charge in [0, 0.05) is 20.4 Å². The van der Waals surface area contributed by atoms with Crippen molar-refractivity contribution in [2.24, 2.45) is 0 Å². The summed E-state index contributed by atoms with van der Waals surface area (Å²) in [4.78, 5) is 11.7. The summed E-state index contributed by atoms with van der Waals surface area (Å²) < 4.78 is 4.99. The van der Waals surface area contributed by atoms with E-state index < -0.39 is 0 Å². The average Bonchev–Trinajstić information content (AvgIpc) is 2.17. The van der Waals surface area contributed by atoms with Crippen LogP contribution in [-0.2, 0) is 30.0 Å². The molecule has 0 aliphatic heterocycles. The maximum atomic E-state index is 11.7. The van der Waals surface area contributed by atoms with E-state index >= 15 is 0 Å². The van der Waals surface area contributed by atoms with E-state index in [9.17, 15) is 4.79 Å². The van der Waals surface area contributed by atoms with Crippen molar-refractivity contribution in [3.8, 4) is 0 Å². The third kappa shape index (κ3) is 5.64. The predicted octanol–water partition coefficient (Wildman–Crippen LogP) is 0.0745. The van der Waals surface area contributed by atoms with Gasteiger partial charge in [-0.05, 0) is 39.3 Å². The van der Waals surface area contributed by atoms with Gasteiger partial charge in [0.2, 0.25) is 0 Å². The molecule has 0 saturated heterocycles. The summed E-state index contributed by atoms with van der Waals surface area (Å²) in [7, 11) is 0. The molecular weight excluding hydrogens is 433 g/mol. The summed E-state index contributed by atoms with van der Waals surface area (Å²) in [5.41, 5.74) is 3.64. The second-order valence-corrected chi connectivity index (χ2v) is 3.72. The number of ether oxygens (including phenoxy) is 1. The van der Waals surface area contributed by atoms with E-state index in [2.05, 4.69) is 12.1 Å². The molecule has 0 N–H and O–H groups in total. The fourth-order valence-corrected chi connectivity index (χ4v) is 1.69. The van der Waals surface area contributed by atoms with Gasteiger partial charge in [-0.1, -0.05) is 29.3 Å².